The zero-order valence-corrected chi connectivity index (χ0v) is 13.2. The molecule has 0 aromatic heterocycles. The minimum Gasteiger partial charge on any atom is -0.495 e. The lowest BCUT2D eigenvalue weighted by molar-refractivity contribution is -0.114. The van der Waals surface area contributed by atoms with Gasteiger partial charge in [0, 0.05) is 5.69 Å². The van der Waals surface area contributed by atoms with E-state index in [1.165, 1.54) is 5.56 Å². The van der Waals surface area contributed by atoms with Crippen molar-refractivity contribution in [3.63, 3.8) is 0 Å². The summed E-state index contributed by atoms with van der Waals surface area (Å²) in [5.41, 5.74) is 2.86. The predicted octanol–water partition coefficient (Wildman–Crippen LogP) is 3.87. The topological polar surface area (TPSA) is 50.4 Å². The second kappa shape index (κ2) is 7.50. The Kier molecular flexibility index (Phi) is 5.42. The number of amides is 1. The highest BCUT2D eigenvalue weighted by molar-refractivity contribution is 5.93. The maximum Gasteiger partial charge on any atom is 0.243 e. The molecule has 2 aromatic carbocycles. The number of nitrogens with one attached hydrogen (secondary N) is 2. The van der Waals surface area contributed by atoms with Gasteiger partial charge in [0.2, 0.25) is 5.91 Å². The lowest BCUT2D eigenvalue weighted by Gasteiger charge is -2.11. The first-order valence-electron chi connectivity index (χ1n) is 7.37. The highest BCUT2D eigenvalue weighted by atomic mass is 16.5. The van der Waals surface area contributed by atoms with Crippen molar-refractivity contribution in [2.75, 3.05) is 24.3 Å². The van der Waals surface area contributed by atoms with Gasteiger partial charge in [-0.3, -0.25) is 4.79 Å². The third-order valence-electron chi connectivity index (χ3n) is 3.41. The Morgan fingerprint density at radius 3 is 2.41 bits per heavy atom. The maximum atomic E-state index is 12.0. The van der Waals surface area contributed by atoms with Gasteiger partial charge in [0.15, 0.2) is 0 Å². The molecule has 116 valence electrons. The van der Waals surface area contributed by atoms with Crippen LogP contribution in [0.15, 0.2) is 48.5 Å². The Bertz CT molecular complexity index is 621. The molecule has 22 heavy (non-hydrogen) atoms. The fourth-order valence-electron chi connectivity index (χ4n) is 2.12. The summed E-state index contributed by atoms with van der Waals surface area (Å²) in [4.78, 5) is 12.0. The first kappa shape index (κ1) is 15.9. The smallest absolute Gasteiger partial charge is 0.243 e. The number of hydrogen-bond acceptors (Lipinski definition) is 3. The quantitative estimate of drug-likeness (QED) is 0.851. The summed E-state index contributed by atoms with van der Waals surface area (Å²) in [6.45, 7) is 4.47. The number of methoxy groups -OCH3 is 1. The van der Waals surface area contributed by atoms with Crippen LogP contribution in [-0.4, -0.2) is 19.6 Å². The van der Waals surface area contributed by atoms with Gasteiger partial charge >= 0.3 is 0 Å². The average Bonchev–Trinajstić information content (AvgIpc) is 2.53. The van der Waals surface area contributed by atoms with E-state index in [1.807, 2.05) is 48.5 Å². The minimum absolute atomic E-state index is 0.0943. The van der Waals surface area contributed by atoms with Crippen LogP contribution in [0.3, 0.4) is 0 Å². The Morgan fingerprint density at radius 2 is 1.77 bits per heavy atom. The molecule has 0 bridgehead atoms. The summed E-state index contributed by atoms with van der Waals surface area (Å²) in [7, 11) is 1.61. The number of hydrogen-bond donors (Lipinski definition) is 2. The monoisotopic (exact) mass is 298 g/mol. The molecule has 2 aromatic rings. The van der Waals surface area contributed by atoms with Crippen molar-refractivity contribution in [1.82, 2.24) is 0 Å². The second-order valence-corrected chi connectivity index (χ2v) is 5.38. The molecule has 2 N–H and O–H groups in total. The molecule has 0 aliphatic heterocycles. The molecule has 0 aliphatic carbocycles. The fraction of sp³-hybridized carbons (Fsp3) is 0.278. The third-order valence-corrected chi connectivity index (χ3v) is 3.41. The van der Waals surface area contributed by atoms with E-state index in [9.17, 15) is 4.79 Å². The van der Waals surface area contributed by atoms with Crippen molar-refractivity contribution in [1.29, 1.82) is 0 Å². The number of carbonyl (C=O) groups excluding carboxylic acids is 1. The number of carbonyl (C=O) groups is 1. The van der Waals surface area contributed by atoms with Crippen molar-refractivity contribution in [2.45, 2.75) is 19.8 Å². The van der Waals surface area contributed by atoms with Crippen LogP contribution in [0.2, 0.25) is 0 Å². The molecule has 0 atom stereocenters. The van der Waals surface area contributed by atoms with E-state index in [1.54, 1.807) is 7.11 Å². The highest BCUT2D eigenvalue weighted by Crippen LogP contribution is 2.22. The molecule has 0 aliphatic rings. The van der Waals surface area contributed by atoms with Crippen molar-refractivity contribution >= 4 is 17.3 Å². The van der Waals surface area contributed by atoms with Gasteiger partial charge in [0.1, 0.15) is 5.75 Å². The van der Waals surface area contributed by atoms with Crippen LogP contribution in [0.1, 0.15) is 25.3 Å². The summed E-state index contributed by atoms with van der Waals surface area (Å²) in [5, 5.41) is 5.95. The van der Waals surface area contributed by atoms with Gasteiger partial charge < -0.3 is 15.4 Å². The molecule has 0 saturated heterocycles. The van der Waals surface area contributed by atoms with Crippen LogP contribution in [0.25, 0.3) is 0 Å². The zero-order chi connectivity index (χ0) is 15.9. The molecular formula is C18H22N2O2. The van der Waals surface area contributed by atoms with Crippen LogP contribution in [0.5, 0.6) is 5.75 Å². The third kappa shape index (κ3) is 4.25. The maximum absolute atomic E-state index is 12.0. The fourth-order valence-corrected chi connectivity index (χ4v) is 2.12. The lowest BCUT2D eigenvalue weighted by Crippen LogP contribution is -2.21. The Labute approximate surface area is 131 Å². The zero-order valence-electron chi connectivity index (χ0n) is 13.2. The molecule has 1 amide bonds. The molecule has 4 heteroatoms. The van der Waals surface area contributed by atoms with E-state index in [-0.39, 0.29) is 12.5 Å². The van der Waals surface area contributed by atoms with E-state index < -0.39 is 0 Å². The van der Waals surface area contributed by atoms with Crippen molar-refractivity contribution in [2.24, 2.45) is 0 Å². The first-order chi connectivity index (χ1) is 10.6. The second-order valence-electron chi connectivity index (χ2n) is 5.38. The van der Waals surface area contributed by atoms with Crippen molar-refractivity contribution in [3.8, 4) is 5.75 Å². The molecule has 0 radical (unpaired) electrons. The van der Waals surface area contributed by atoms with Crippen LogP contribution < -0.4 is 15.4 Å². The van der Waals surface area contributed by atoms with Crippen LogP contribution in [0, 0.1) is 0 Å². The number of rotatable bonds is 6. The van der Waals surface area contributed by atoms with Crippen LogP contribution >= 0.6 is 0 Å². The normalized spacial score (nSPS) is 10.4. The Hall–Kier alpha value is -2.49. The van der Waals surface area contributed by atoms with Gasteiger partial charge in [-0.2, -0.15) is 0 Å². The van der Waals surface area contributed by atoms with Gasteiger partial charge in [-0.15, -0.1) is 0 Å². The Morgan fingerprint density at radius 1 is 1.09 bits per heavy atom. The van der Waals surface area contributed by atoms with Crippen molar-refractivity contribution < 1.29 is 9.53 Å². The SMILES string of the molecule is COc1ccccc1NCC(=O)Nc1ccc(C(C)C)cc1. The van der Waals surface area contributed by atoms with Gasteiger partial charge in [-0.1, -0.05) is 38.1 Å². The van der Waals surface area contributed by atoms with E-state index in [2.05, 4.69) is 24.5 Å². The minimum atomic E-state index is -0.0943. The molecule has 0 fully saturated rings. The van der Waals surface area contributed by atoms with Crippen LogP contribution in [0.4, 0.5) is 11.4 Å². The highest BCUT2D eigenvalue weighted by Gasteiger charge is 2.06. The molecule has 0 heterocycles. The van der Waals surface area contributed by atoms with E-state index in [0.717, 1.165) is 17.1 Å². The molecule has 0 unspecified atom stereocenters. The number of para-hydroxylation sites is 2. The van der Waals surface area contributed by atoms with Gasteiger partial charge in [0.05, 0.1) is 19.3 Å². The van der Waals surface area contributed by atoms with E-state index in [4.69, 9.17) is 4.74 Å². The summed E-state index contributed by atoms with van der Waals surface area (Å²) in [5.74, 6) is 1.11. The summed E-state index contributed by atoms with van der Waals surface area (Å²) in [6.07, 6.45) is 0. The van der Waals surface area contributed by atoms with E-state index in [0.29, 0.717) is 5.92 Å². The Balaban J connectivity index is 1.90. The van der Waals surface area contributed by atoms with Gasteiger partial charge in [-0.05, 0) is 35.7 Å². The number of ether oxygens (including phenoxy) is 1. The van der Waals surface area contributed by atoms with Crippen LogP contribution in [-0.2, 0) is 4.79 Å². The summed E-state index contributed by atoms with van der Waals surface area (Å²) in [6, 6.07) is 15.4. The largest absolute Gasteiger partial charge is 0.495 e. The number of anilines is 2. The van der Waals surface area contributed by atoms with E-state index >= 15 is 0 Å². The lowest BCUT2D eigenvalue weighted by atomic mass is 10.0. The standard InChI is InChI=1S/C18H22N2O2/c1-13(2)14-8-10-15(11-9-14)20-18(21)12-19-16-6-4-5-7-17(16)22-3/h4-11,13,19H,12H2,1-3H3,(H,20,21). The average molecular weight is 298 g/mol. The molecule has 4 nitrogen and oxygen atoms in total. The summed E-state index contributed by atoms with van der Waals surface area (Å²) < 4.78 is 5.24. The molecule has 2 rings (SSSR count). The molecule has 0 spiro atoms. The predicted molar refractivity (Wildman–Crippen MR) is 90.6 cm³/mol. The number of benzene rings is 2. The molecular weight excluding hydrogens is 276 g/mol. The van der Waals surface area contributed by atoms with Crippen molar-refractivity contribution in [3.05, 3.63) is 54.1 Å². The van der Waals surface area contributed by atoms with Gasteiger partial charge in [0.25, 0.3) is 0 Å². The van der Waals surface area contributed by atoms with Gasteiger partial charge in [-0.25, -0.2) is 0 Å². The summed E-state index contributed by atoms with van der Waals surface area (Å²) >= 11 is 0. The molecule has 0 saturated carbocycles. The first-order valence-corrected chi connectivity index (χ1v) is 7.37.